The van der Waals surface area contributed by atoms with Crippen LogP contribution in [0.3, 0.4) is 0 Å². The third-order valence-corrected chi connectivity index (χ3v) is 5.11. The second-order valence-electron chi connectivity index (χ2n) is 6.09. The molecule has 144 valence electrons. The second-order valence-corrected chi connectivity index (χ2v) is 7.49. The van der Waals surface area contributed by atoms with Crippen molar-refractivity contribution in [3.63, 3.8) is 0 Å². The molecule has 8 heteroatoms. The zero-order valence-electron chi connectivity index (χ0n) is 15.0. The highest BCUT2D eigenvalue weighted by Crippen LogP contribution is 2.20. The van der Waals surface area contributed by atoms with Crippen LogP contribution in [0, 0.1) is 12.7 Å². The average molecular weight is 418 g/mol. The first-order valence-corrected chi connectivity index (χ1v) is 9.79. The van der Waals surface area contributed by atoms with Gasteiger partial charge >= 0.3 is 0 Å². The van der Waals surface area contributed by atoms with Crippen LogP contribution in [0.5, 0.6) is 0 Å². The fourth-order valence-electron chi connectivity index (χ4n) is 2.53. The summed E-state index contributed by atoms with van der Waals surface area (Å²) in [5, 5.41) is 3.67. The van der Waals surface area contributed by atoms with Gasteiger partial charge in [-0.15, -0.1) is 0 Å². The van der Waals surface area contributed by atoms with Gasteiger partial charge in [0, 0.05) is 27.7 Å². The lowest BCUT2D eigenvalue weighted by Crippen LogP contribution is -2.23. The van der Waals surface area contributed by atoms with E-state index in [1.807, 2.05) is 0 Å². The van der Waals surface area contributed by atoms with E-state index in [2.05, 4.69) is 15.3 Å². The molecule has 0 saturated carbocycles. The smallest absolute Gasteiger partial charge is 0.255 e. The van der Waals surface area contributed by atoms with Gasteiger partial charge in [0.25, 0.3) is 5.56 Å². The minimum Gasteiger partial charge on any atom is -0.326 e. The summed E-state index contributed by atoms with van der Waals surface area (Å²) in [6.07, 6.45) is -0.0937. The van der Waals surface area contributed by atoms with Crippen molar-refractivity contribution in [3.8, 4) is 0 Å². The number of aromatic amines is 1. The van der Waals surface area contributed by atoms with E-state index in [0.717, 1.165) is 5.56 Å². The number of halogens is 2. The second kappa shape index (κ2) is 9.03. The molecule has 0 aliphatic heterocycles. The molecule has 3 rings (SSSR count). The van der Waals surface area contributed by atoms with Crippen molar-refractivity contribution in [2.75, 3.05) is 5.32 Å². The summed E-state index contributed by atoms with van der Waals surface area (Å²) in [7, 11) is 0. The minimum absolute atomic E-state index is 0.0937. The molecule has 0 spiro atoms. The molecule has 0 unspecified atom stereocenters. The van der Waals surface area contributed by atoms with Gasteiger partial charge in [0.05, 0.1) is 6.42 Å². The quantitative estimate of drug-likeness (QED) is 0.462. The Balaban J connectivity index is 1.66. The number of anilines is 1. The van der Waals surface area contributed by atoms with Gasteiger partial charge < -0.3 is 10.3 Å². The summed E-state index contributed by atoms with van der Waals surface area (Å²) >= 11 is 7.24. The summed E-state index contributed by atoms with van der Waals surface area (Å²) in [4.78, 5) is 31.7. The first-order valence-electron chi connectivity index (χ1n) is 8.43. The zero-order valence-corrected chi connectivity index (χ0v) is 16.5. The van der Waals surface area contributed by atoms with E-state index < -0.39 is 0 Å². The van der Waals surface area contributed by atoms with E-state index in [4.69, 9.17) is 11.6 Å². The maximum atomic E-state index is 13.0. The van der Waals surface area contributed by atoms with Crippen molar-refractivity contribution in [3.05, 3.63) is 86.5 Å². The SMILES string of the molecule is Cc1nc(SCc2ccc(F)cc2)[nH]c(=O)c1CC(=O)Nc1cccc(Cl)c1. The molecular weight excluding hydrogens is 401 g/mol. The molecule has 0 radical (unpaired) electrons. The van der Waals surface area contributed by atoms with Crippen molar-refractivity contribution in [2.45, 2.75) is 24.3 Å². The van der Waals surface area contributed by atoms with Crippen molar-refractivity contribution >= 4 is 35.0 Å². The van der Waals surface area contributed by atoms with E-state index >= 15 is 0 Å². The van der Waals surface area contributed by atoms with Crippen molar-refractivity contribution < 1.29 is 9.18 Å². The third kappa shape index (κ3) is 5.43. The first-order chi connectivity index (χ1) is 13.4. The first kappa shape index (κ1) is 20.1. The minimum atomic E-state index is -0.352. The van der Waals surface area contributed by atoms with Crippen LogP contribution in [0.1, 0.15) is 16.8 Å². The predicted octanol–water partition coefficient (Wildman–Crippen LogP) is 4.34. The number of nitrogens with one attached hydrogen (secondary N) is 2. The summed E-state index contributed by atoms with van der Waals surface area (Å²) in [6, 6.07) is 12.9. The van der Waals surface area contributed by atoms with Gasteiger partial charge in [0.15, 0.2) is 5.16 Å². The molecule has 28 heavy (non-hydrogen) atoms. The van der Waals surface area contributed by atoms with Crippen molar-refractivity contribution in [1.29, 1.82) is 0 Å². The van der Waals surface area contributed by atoms with E-state index in [0.29, 0.717) is 32.9 Å². The van der Waals surface area contributed by atoms with Gasteiger partial charge in [-0.2, -0.15) is 0 Å². The fraction of sp³-hybridized carbons (Fsp3) is 0.150. The summed E-state index contributed by atoms with van der Waals surface area (Å²) in [5.41, 5.74) is 1.93. The van der Waals surface area contributed by atoms with Gasteiger partial charge in [-0.05, 0) is 42.8 Å². The Labute approximate surface area is 170 Å². The normalized spacial score (nSPS) is 10.7. The molecule has 0 bridgehead atoms. The van der Waals surface area contributed by atoms with Crippen LogP contribution in [-0.4, -0.2) is 15.9 Å². The lowest BCUT2D eigenvalue weighted by atomic mass is 10.1. The predicted molar refractivity (Wildman–Crippen MR) is 109 cm³/mol. The molecular formula is C20H17ClFN3O2S. The number of benzene rings is 2. The molecule has 0 saturated heterocycles. The van der Waals surface area contributed by atoms with Gasteiger partial charge in [0.1, 0.15) is 5.82 Å². The third-order valence-electron chi connectivity index (χ3n) is 3.94. The van der Waals surface area contributed by atoms with Gasteiger partial charge in [0.2, 0.25) is 5.91 Å². The van der Waals surface area contributed by atoms with Crippen LogP contribution in [0.25, 0.3) is 0 Å². The van der Waals surface area contributed by atoms with Crippen LogP contribution in [0.2, 0.25) is 5.02 Å². The molecule has 1 heterocycles. The number of carbonyl (C=O) groups excluding carboxylic acids is 1. The Morgan fingerprint density at radius 1 is 1.25 bits per heavy atom. The zero-order chi connectivity index (χ0) is 20.1. The molecule has 1 amide bonds. The number of hydrogen-bond donors (Lipinski definition) is 2. The largest absolute Gasteiger partial charge is 0.326 e. The Kier molecular flexibility index (Phi) is 6.49. The lowest BCUT2D eigenvalue weighted by molar-refractivity contribution is -0.115. The van der Waals surface area contributed by atoms with Crippen molar-refractivity contribution in [1.82, 2.24) is 9.97 Å². The van der Waals surface area contributed by atoms with Crippen LogP contribution in [0.4, 0.5) is 10.1 Å². The Hall–Kier alpha value is -2.64. The Bertz CT molecular complexity index is 1050. The summed E-state index contributed by atoms with van der Waals surface area (Å²) in [5.74, 6) is -0.0852. The van der Waals surface area contributed by atoms with E-state index in [1.54, 1.807) is 43.3 Å². The molecule has 0 aliphatic rings. The maximum absolute atomic E-state index is 13.0. The molecule has 2 N–H and O–H groups in total. The summed E-state index contributed by atoms with van der Waals surface area (Å²) < 4.78 is 13.0. The highest BCUT2D eigenvalue weighted by atomic mass is 35.5. The number of amides is 1. The number of rotatable bonds is 6. The van der Waals surface area contributed by atoms with Crippen molar-refractivity contribution in [2.24, 2.45) is 0 Å². The number of aryl methyl sites for hydroxylation is 1. The monoisotopic (exact) mass is 417 g/mol. The van der Waals surface area contributed by atoms with Crippen LogP contribution < -0.4 is 10.9 Å². The van der Waals surface area contributed by atoms with Gasteiger partial charge in [-0.1, -0.05) is 41.6 Å². The summed E-state index contributed by atoms with van der Waals surface area (Å²) in [6.45, 7) is 1.69. The molecule has 0 aliphatic carbocycles. The standard InChI is InChI=1S/C20H17ClFN3O2S/c1-12-17(10-18(26)24-16-4-2-3-14(21)9-16)19(27)25-20(23-12)28-11-13-5-7-15(22)8-6-13/h2-9H,10-11H2,1H3,(H,24,26)(H,23,25,27). The maximum Gasteiger partial charge on any atom is 0.255 e. The number of H-pyrrole nitrogens is 1. The van der Waals surface area contributed by atoms with Gasteiger partial charge in [-0.3, -0.25) is 9.59 Å². The number of hydrogen-bond acceptors (Lipinski definition) is 4. The molecule has 1 aromatic heterocycles. The number of nitrogens with zero attached hydrogens (tertiary/aromatic N) is 1. The van der Waals surface area contributed by atoms with Crippen LogP contribution in [-0.2, 0) is 17.0 Å². The molecule has 2 aromatic carbocycles. The molecule has 0 atom stereocenters. The number of thioether (sulfide) groups is 1. The fourth-order valence-corrected chi connectivity index (χ4v) is 3.58. The average Bonchev–Trinajstić information content (AvgIpc) is 2.64. The molecule has 5 nitrogen and oxygen atoms in total. The molecule has 3 aromatic rings. The van der Waals surface area contributed by atoms with Crippen LogP contribution in [0.15, 0.2) is 58.5 Å². The van der Waals surface area contributed by atoms with E-state index in [1.165, 1.54) is 23.9 Å². The number of aromatic nitrogens is 2. The van der Waals surface area contributed by atoms with Crippen LogP contribution >= 0.6 is 23.4 Å². The topological polar surface area (TPSA) is 74.8 Å². The Morgan fingerprint density at radius 3 is 2.68 bits per heavy atom. The number of carbonyl (C=O) groups is 1. The highest BCUT2D eigenvalue weighted by Gasteiger charge is 2.13. The lowest BCUT2D eigenvalue weighted by Gasteiger charge is -2.08. The van der Waals surface area contributed by atoms with E-state index in [-0.39, 0.29) is 23.7 Å². The molecule has 0 fully saturated rings. The van der Waals surface area contributed by atoms with E-state index in [9.17, 15) is 14.0 Å². The Morgan fingerprint density at radius 2 is 2.00 bits per heavy atom. The van der Waals surface area contributed by atoms with Gasteiger partial charge in [-0.25, -0.2) is 9.37 Å². The highest BCUT2D eigenvalue weighted by molar-refractivity contribution is 7.98.